The smallest absolute Gasteiger partial charge is 0.143 e. The number of methoxy groups -OCH3 is 1. The fourth-order valence-electron chi connectivity index (χ4n) is 1.71. The van der Waals surface area contributed by atoms with Crippen LogP contribution in [0.15, 0.2) is 18.2 Å². The van der Waals surface area contributed by atoms with Gasteiger partial charge < -0.3 is 19.5 Å². The average molecular weight is 209 g/mol. The van der Waals surface area contributed by atoms with E-state index in [0.717, 1.165) is 23.5 Å². The molecule has 0 aliphatic carbocycles. The van der Waals surface area contributed by atoms with E-state index in [2.05, 4.69) is 4.90 Å². The second-order valence-corrected chi connectivity index (χ2v) is 3.49. The van der Waals surface area contributed by atoms with Gasteiger partial charge in [-0.25, -0.2) is 0 Å². The largest absolute Gasteiger partial charge is 0.490 e. The minimum Gasteiger partial charge on any atom is -0.490 e. The molecule has 0 spiro atoms. The summed E-state index contributed by atoms with van der Waals surface area (Å²) in [5.74, 6) is 0.824. The molecular weight excluding hydrogens is 194 g/mol. The maximum Gasteiger partial charge on any atom is 0.143 e. The van der Waals surface area contributed by atoms with Gasteiger partial charge in [-0.3, -0.25) is 0 Å². The van der Waals surface area contributed by atoms with Crippen LogP contribution in [0.4, 0.5) is 5.69 Å². The minimum atomic E-state index is 0.0426. The van der Waals surface area contributed by atoms with Crippen LogP contribution in [0.1, 0.15) is 5.56 Å². The quantitative estimate of drug-likeness (QED) is 0.805. The number of aliphatic hydroxyl groups excluding tert-OH is 1. The third-order valence-corrected chi connectivity index (χ3v) is 2.45. The molecular formula is C11H15NO3. The molecule has 0 unspecified atom stereocenters. The lowest BCUT2D eigenvalue weighted by atomic mass is 10.1. The van der Waals surface area contributed by atoms with E-state index in [0.29, 0.717) is 13.3 Å². The van der Waals surface area contributed by atoms with Gasteiger partial charge in [0.2, 0.25) is 0 Å². The lowest BCUT2D eigenvalue weighted by Gasteiger charge is -2.30. The highest BCUT2D eigenvalue weighted by molar-refractivity contribution is 5.60. The Morgan fingerprint density at radius 1 is 1.53 bits per heavy atom. The molecule has 1 aliphatic rings. The number of ether oxygens (including phenoxy) is 2. The van der Waals surface area contributed by atoms with Crippen LogP contribution in [0.3, 0.4) is 0 Å². The van der Waals surface area contributed by atoms with Crippen molar-refractivity contribution in [3.05, 3.63) is 23.8 Å². The maximum atomic E-state index is 9.01. The Morgan fingerprint density at radius 3 is 3.13 bits per heavy atom. The van der Waals surface area contributed by atoms with Crippen LogP contribution in [0.25, 0.3) is 0 Å². The van der Waals surface area contributed by atoms with Crippen LogP contribution in [-0.4, -0.2) is 32.1 Å². The predicted molar refractivity (Wildman–Crippen MR) is 57.1 cm³/mol. The molecule has 1 aliphatic heterocycles. The fraction of sp³-hybridized carbons (Fsp3) is 0.455. The molecule has 0 saturated carbocycles. The van der Waals surface area contributed by atoms with Crippen molar-refractivity contribution in [2.45, 2.75) is 6.61 Å². The molecule has 82 valence electrons. The number of anilines is 1. The van der Waals surface area contributed by atoms with E-state index in [9.17, 15) is 0 Å². The van der Waals surface area contributed by atoms with Crippen LogP contribution in [0.2, 0.25) is 0 Å². The first-order valence-corrected chi connectivity index (χ1v) is 4.95. The summed E-state index contributed by atoms with van der Waals surface area (Å²) in [6, 6.07) is 5.73. The van der Waals surface area contributed by atoms with E-state index in [4.69, 9.17) is 14.6 Å². The number of benzene rings is 1. The van der Waals surface area contributed by atoms with Crippen molar-refractivity contribution in [3.63, 3.8) is 0 Å². The standard InChI is InChI=1S/C11H15NO3/c1-14-8-12-4-5-15-11-6-9(7-13)2-3-10(11)12/h2-3,6,13H,4-5,7-8H2,1H3. The molecule has 4 nitrogen and oxygen atoms in total. The molecule has 1 heterocycles. The van der Waals surface area contributed by atoms with Gasteiger partial charge in [-0.05, 0) is 17.7 Å². The molecule has 1 N–H and O–H groups in total. The Labute approximate surface area is 89.0 Å². The van der Waals surface area contributed by atoms with Gasteiger partial charge in [0.1, 0.15) is 19.1 Å². The molecule has 0 aromatic heterocycles. The monoisotopic (exact) mass is 209 g/mol. The van der Waals surface area contributed by atoms with Crippen LogP contribution in [-0.2, 0) is 11.3 Å². The first-order chi connectivity index (χ1) is 7.35. The predicted octanol–water partition coefficient (Wildman–Crippen LogP) is 0.982. The second kappa shape index (κ2) is 4.51. The van der Waals surface area contributed by atoms with Crippen LogP contribution in [0, 0.1) is 0 Å². The van der Waals surface area contributed by atoms with E-state index in [1.54, 1.807) is 7.11 Å². The maximum absolute atomic E-state index is 9.01. The van der Waals surface area contributed by atoms with E-state index in [-0.39, 0.29) is 6.61 Å². The summed E-state index contributed by atoms with van der Waals surface area (Å²) in [5.41, 5.74) is 1.90. The molecule has 15 heavy (non-hydrogen) atoms. The summed E-state index contributed by atoms with van der Waals surface area (Å²) in [5, 5.41) is 9.01. The van der Waals surface area contributed by atoms with Gasteiger partial charge in [0.05, 0.1) is 18.8 Å². The van der Waals surface area contributed by atoms with E-state index < -0.39 is 0 Å². The Hall–Kier alpha value is -1.26. The first-order valence-electron chi connectivity index (χ1n) is 4.95. The van der Waals surface area contributed by atoms with Gasteiger partial charge in [0.15, 0.2) is 0 Å². The lowest BCUT2D eigenvalue weighted by Crippen LogP contribution is -2.34. The summed E-state index contributed by atoms with van der Waals surface area (Å²) in [7, 11) is 1.68. The highest BCUT2D eigenvalue weighted by Gasteiger charge is 2.17. The van der Waals surface area contributed by atoms with Crippen molar-refractivity contribution in [2.75, 3.05) is 31.9 Å². The zero-order chi connectivity index (χ0) is 10.7. The van der Waals surface area contributed by atoms with Crippen molar-refractivity contribution in [1.29, 1.82) is 0 Å². The number of hydrogen-bond acceptors (Lipinski definition) is 4. The molecule has 0 bridgehead atoms. The zero-order valence-corrected chi connectivity index (χ0v) is 8.77. The number of aliphatic hydroxyl groups is 1. The van der Waals surface area contributed by atoms with Gasteiger partial charge in [-0.2, -0.15) is 0 Å². The third-order valence-electron chi connectivity index (χ3n) is 2.45. The van der Waals surface area contributed by atoms with Crippen LogP contribution < -0.4 is 9.64 Å². The number of hydrogen-bond donors (Lipinski definition) is 1. The summed E-state index contributed by atoms with van der Waals surface area (Å²) in [6.07, 6.45) is 0. The summed E-state index contributed by atoms with van der Waals surface area (Å²) in [6.45, 7) is 2.10. The Balaban J connectivity index is 2.28. The molecule has 4 heteroatoms. The molecule has 1 aromatic rings. The van der Waals surface area contributed by atoms with Crippen LogP contribution >= 0.6 is 0 Å². The number of fused-ring (bicyclic) bond motifs is 1. The third kappa shape index (κ3) is 2.06. The fourth-order valence-corrected chi connectivity index (χ4v) is 1.71. The highest BCUT2D eigenvalue weighted by Crippen LogP contribution is 2.32. The minimum absolute atomic E-state index is 0.0426. The van der Waals surface area contributed by atoms with Gasteiger partial charge in [-0.15, -0.1) is 0 Å². The molecule has 0 radical (unpaired) electrons. The average Bonchev–Trinajstić information content (AvgIpc) is 2.29. The summed E-state index contributed by atoms with van der Waals surface area (Å²) >= 11 is 0. The first kappa shape index (κ1) is 10.3. The van der Waals surface area contributed by atoms with E-state index in [1.807, 2.05) is 18.2 Å². The molecule has 0 fully saturated rings. The molecule has 0 atom stereocenters. The van der Waals surface area contributed by atoms with Crippen molar-refractivity contribution in [1.82, 2.24) is 0 Å². The van der Waals surface area contributed by atoms with Crippen molar-refractivity contribution in [2.24, 2.45) is 0 Å². The highest BCUT2D eigenvalue weighted by atomic mass is 16.5. The lowest BCUT2D eigenvalue weighted by molar-refractivity contribution is 0.184. The summed E-state index contributed by atoms with van der Waals surface area (Å²) in [4.78, 5) is 2.11. The van der Waals surface area contributed by atoms with E-state index >= 15 is 0 Å². The van der Waals surface area contributed by atoms with Crippen molar-refractivity contribution < 1.29 is 14.6 Å². The van der Waals surface area contributed by atoms with Gasteiger partial charge in [0, 0.05) is 7.11 Å². The molecule has 1 aromatic carbocycles. The summed E-state index contributed by atoms with van der Waals surface area (Å²) < 4.78 is 10.6. The van der Waals surface area contributed by atoms with Crippen molar-refractivity contribution in [3.8, 4) is 5.75 Å². The molecule has 0 amide bonds. The Bertz CT molecular complexity index is 341. The number of rotatable bonds is 3. The van der Waals surface area contributed by atoms with E-state index in [1.165, 1.54) is 0 Å². The molecule has 2 rings (SSSR count). The van der Waals surface area contributed by atoms with Crippen LogP contribution in [0.5, 0.6) is 5.75 Å². The topological polar surface area (TPSA) is 41.9 Å². The van der Waals surface area contributed by atoms with Crippen molar-refractivity contribution >= 4 is 5.69 Å². The van der Waals surface area contributed by atoms with Gasteiger partial charge in [0.25, 0.3) is 0 Å². The molecule has 0 saturated heterocycles. The number of nitrogens with zero attached hydrogens (tertiary/aromatic N) is 1. The van der Waals surface area contributed by atoms with Gasteiger partial charge in [-0.1, -0.05) is 6.07 Å². The Morgan fingerprint density at radius 2 is 2.40 bits per heavy atom. The normalized spacial score (nSPS) is 14.7. The Kier molecular flexibility index (Phi) is 3.08. The van der Waals surface area contributed by atoms with Gasteiger partial charge >= 0.3 is 0 Å². The SMILES string of the molecule is COCN1CCOc2cc(CO)ccc21. The zero-order valence-electron chi connectivity index (χ0n) is 8.77. The second-order valence-electron chi connectivity index (χ2n) is 3.49.